The van der Waals surface area contributed by atoms with E-state index in [-0.39, 0.29) is 0 Å². The molecule has 0 aliphatic carbocycles. The van der Waals surface area contributed by atoms with Crippen molar-refractivity contribution in [3.8, 4) is 16.9 Å². The maximum Gasteiger partial charge on any atom is 0.167 e. The van der Waals surface area contributed by atoms with E-state index in [1.54, 1.807) is 0 Å². The van der Waals surface area contributed by atoms with Crippen LogP contribution in [0, 0.1) is 6.92 Å². The van der Waals surface area contributed by atoms with Crippen molar-refractivity contribution in [3.63, 3.8) is 0 Å². The quantitative estimate of drug-likeness (QED) is 0.622. The van der Waals surface area contributed by atoms with Crippen LogP contribution in [0.25, 0.3) is 16.6 Å². The average Bonchev–Trinajstić information content (AvgIpc) is 2.84. The Hall–Kier alpha value is -2.07. The highest BCUT2D eigenvalue weighted by atomic mass is 79.9. The molecule has 1 aromatic carbocycles. The summed E-state index contributed by atoms with van der Waals surface area (Å²) in [6, 6.07) is 11.9. The van der Waals surface area contributed by atoms with Crippen molar-refractivity contribution >= 4 is 27.7 Å². The van der Waals surface area contributed by atoms with Gasteiger partial charge >= 0.3 is 0 Å². The molecule has 2 heterocycles. The van der Waals surface area contributed by atoms with Gasteiger partial charge in [-0.1, -0.05) is 15.9 Å². The van der Waals surface area contributed by atoms with Crippen LogP contribution < -0.4 is 4.74 Å². The molecule has 0 atom stereocenters. The Morgan fingerprint density at radius 3 is 2.68 bits per heavy atom. The van der Waals surface area contributed by atoms with Crippen molar-refractivity contribution < 1.29 is 9.53 Å². The molecule has 2 aromatic heterocycles. The van der Waals surface area contributed by atoms with Crippen LogP contribution in [0.3, 0.4) is 0 Å². The summed E-state index contributed by atoms with van der Waals surface area (Å²) in [5, 5.41) is 0. The topological polar surface area (TPSA) is 30.7 Å². The van der Waals surface area contributed by atoms with Crippen LogP contribution in [-0.4, -0.2) is 17.3 Å². The normalized spacial score (nSPS) is 10.9. The van der Waals surface area contributed by atoms with E-state index >= 15 is 0 Å². The first-order valence-electron chi connectivity index (χ1n) is 7.13. The molecule has 0 aliphatic heterocycles. The molecule has 0 fully saturated rings. The highest BCUT2D eigenvalue weighted by Gasteiger charge is 2.14. The summed E-state index contributed by atoms with van der Waals surface area (Å²) in [6.07, 6.45) is 2.83. The monoisotopic (exact) mass is 357 g/mol. The maximum atomic E-state index is 11.6. The lowest BCUT2D eigenvalue weighted by atomic mass is 10.1. The van der Waals surface area contributed by atoms with E-state index in [0.29, 0.717) is 12.3 Å². The minimum atomic E-state index is 0.626. The standard InChI is InChI=1S/C18H16BrNO2/c1-3-22-14-4-5-15(17(19)10-14)16-9-13-8-12(2)6-7-20(13)18(16)11-21/h4-11H,3H2,1-2H3. The number of hydrogen-bond acceptors (Lipinski definition) is 2. The van der Waals surface area contributed by atoms with Crippen LogP contribution in [0.4, 0.5) is 0 Å². The number of pyridine rings is 1. The highest BCUT2D eigenvalue weighted by molar-refractivity contribution is 9.10. The van der Waals surface area contributed by atoms with Crippen molar-refractivity contribution in [3.05, 3.63) is 58.3 Å². The van der Waals surface area contributed by atoms with Gasteiger partial charge in [-0.05, 0) is 61.4 Å². The largest absolute Gasteiger partial charge is 0.494 e. The lowest BCUT2D eigenvalue weighted by molar-refractivity contribution is 0.111. The minimum absolute atomic E-state index is 0.626. The number of aldehydes is 1. The molecule has 112 valence electrons. The van der Waals surface area contributed by atoms with E-state index < -0.39 is 0 Å². The number of rotatable bonds is 4. The Balaban J connectivity index is 2.19. The van der Waals surface area contributed by atoms with Gasteiger partial charge < -0.3 is 9.14 Å². The van der Waals surface area contributed by atoms with E-state index in [9.17, 15) is 4.79 Å². The third kappa shape index (κ3) is 2.55. The van der Waals surface area contributed by atoms with Gasteiger partial charge in [-0.25, -0.2) is 0 Å². The van der Waals surface area contributed by atoms with Crippen LogP contribution >= 0.6 is 15.9 Å². The fraction of sp³-hybridized carbons (Fsp3) is 0.167. The second kappa shape index (κ2) is 5.97. The number of fused-ring (bicyclic) bond motifs is 1. The molecular weight excluding hydrogens is 342 g/mol. The van der Waals surface area contributed by atoms with Gasteiger partial charge in [-0.15, -0.1) is 0 Å². The third-order valence-electron chi connectivity index (χ3n) is 3.62. The molecular formula is C18H16BrNO2. The molecule has 4 heteroatoms. The fourth-order valence-corrected chi connectivity index (χ4v) is 3.19. The van der Waals surface area contributed by atoms with Crippen LogP contribution in [0.1, 0.15) is 23.0 Å². The number of benzene rings is 1. The highest BCUT2D eigenvalue weighted by Crippen LogP contribution is 2.35. The molecule has 0 spiro atoms. The number of carbonyl (C=O) groups excluding carboxylic acids is 1. The first-order valence-corrected chi connectivity index (χ1v) is 7.93. The first kappa shape index (κ1) is 14.9. The number of nitrogens with zero attached hydrogens (tertiary/aromatic N) is 1. The predicted molar refractivity (Wildman–Crippen MR) is 91.8 cm³/mol. The number of hydrogen-bond donors (Lipinski definition) is 0. The SMILES string of the molecule is CCOc1ccc(-c2cc3cc(C)ccn3c2C=O)c(Br)c1. The Bertz CT molecular complexity index is 852. The number of carbonyl (C=O) groups is 1. The molecule has 0 amide bonds. The zero-order valence-corrected chi connectivity index (χ0v) is 14.1. The average molecular weight is 358 g/mol. The molecule has 0 N–H and O–H groups in total. The number of halogens is 1. The van der Waals surface area contributed by atoms with Crippen molar-refractivity contribution in [1.82, 2.24) is 4.40 Å². The number of aryl methyl sites for hydroxylation is 1. The van der Waals surface area contributed by atoms with Crippen molar-refractivity contribution in [2.45, 2.75) is 13.8 Å². The van der Waals surface area contributed by atoms with Crippen LogP contribution in [0.2, 0.25) is 0 Å². The molecule has 0 bridgehead atoms. The summed E-state index contributed by atoms with van der Waals surface area (Å²) in [5.74, 6) is 0.811. The molecule has 3 aromatic rings. The smallest absolute Gasteiger partial charge is 0.167 e. The van der Waals surface area contributed by atoms with Gasteiger partial charge in [0.1, 0.15) is 5.75 Å². The van der Waals surface area contributed by atoms with Crippen molar-refractivity contribution in [1.29, 1.82) is 0 Å². The number of aromatic nitrogens is 1. The van der Waals surface area contributed by atoms with Crippen LogP contribution in [0.5, 0.6) is 5.75 Å². The summed E-state index contributed by atoms with van der Waals surface area (Å²) in [5.41, 5.74) is 4.72. The lowest BCUT2D eigenvalue weighted by Crippen LogP contribution is -1.94. The predicted octanol–water partition coefficient (Wildman–Crippen LogP) is 4.89. The maximum absolute atomic E-state index is 11.6. The Morgan fingerprint density at radius 1 is 1.18 bits per heavy atom. The molecule has 3 nitrogen and oxygen atoms in total. The summed E-state index contributed by atoms with van der Waals surface area (Å²) >= 11 is 3.58. The van der Waals surface area contributed by atoms with Gasteiger partial charge in [0.2, 0.25) is 0 Å². The second-order valence-electron chi connectivity index (χ2n) is 5.13. The molecule has 22 heavy (non-hydrogen) atoms. The third-order valence-corrected chi connectivity index (χ3v) is 4.28. The first-order chi connectivity index (χ1) is 10.6. The Morgan fingerprint density at radius 2 is 2.00 bits per heavy atom. The number of ether oxygens (including phenoxy) is 1. The fourth-order valence-electron chi connectivity index (χ4n) is 2.62. The van der Waals surface area contributed by atoms with Gasteiger partial charge in [0.05, 0.1) is 12.3 Å². The minimum Gasteiger partial charge on any atom is -0.494 e. The summed E-state index contributed by atoms with van der Waals surface area (Å²) < 4.78 is 8.33. The lowest BCUT2D eigenvalue weighted by Gasteiger charge is -2.08. The molecule has 3 rings (SSSR count). The van der Waals surface area contributed by atoms with E-state index in [1.807, 2.05) is 54.8 Å². The zero-order chi connectivity index (χ0) is 15.7. The molecule has 0 unspecified atom stereocenters. The second-order valence-corrected chi connectivity index (χ2v) is 5.99. The van der Waals surface area contributed by atoms with Crippen molar-refractivity contribution in [2.24, 2.45) is 0 Å². The molecule has 0 saturated heterocycles. The van der Waals surface area contributed by atoms with Gasteiger partial charge in [-0.3, -0.25) is 4.79 Å². The summed E-state index contributed by atoms with van der Waals surface area (Å²) in [4.78, 5) is 11.6. The van der Waals surface area contributed by atoms with Crippen LogP contribution in [-0.2, 0) is 0 Å². The van der Waals surface area contributed by atoms with Gasteiger partial charge in [0, 0.05) is 21.7 Å². The molecule has 0 saturated carbocycles. The van der Waals surface area contributed by atoms with Gasteiger partial charge in [0.25, 0.3) is 0 Å². The Kier molecular flexibility index (Phi) is 4.03. The van der Waals surface area contributed by atoms with E-state index in [2.05, 4.69) is 22.0 Å². The van der Waals surface area contributed by atoms with E-state index in [4.69, 9.17) is 4.74 Å². The Labute approximate surface area is 137 Å². The van der Waals surface area contributed by atoms with E-state index in [0.717, 1.165) is 33.2 Å². The van der Waals surface area contributed by atoms with Gasteiger partial charge in [-0.2, -0.15) is 0 Å². The van der Waals surface area contributed by atoms with E-state index in [1.165, 1.54) is 5.56 Å². The van der Waals surface area contributed by atoms with Crippen molar-refractivity contribution in [2.75, 3.05) is 6.61 Å². The zero-order valence-electron chi connectivity index (χ0n) is 12.5. The molecule has 0 aliphatic rings. The molecule has 0 radical (unpaired) electrons. The summed E-state index contributed by atoms with van der Waals surface area (Å²) in [7, 11) is 0. The van der Waals surface area contributed by atoms with Gasteiger partial charge in [0.15, 0.2) is 6.29 Å². The van der Waals surface area contributed by atoms with Crippen LogP contribution in [0.15, 0.2) is 47.1 Å². The summed E-state index contributed by atoms with van der Waals surface area (Å²) in [6.45, 7) is 4.62.